The molecule has 14 heavy (non-hydrogen) atoms. The van der Waals surface area contributed by atoms with Crippen LogP contribution in [0.3, 0.4) is 0 Å². The molecule has 0 bridgehead atoms. The Morgan fingerprint density at radius 2 is 2.29 bits per heavy atom. The fraction of sp³-hybridized carbons (Fsp3) is 0.300. The molecule has 0 saturated heterocycles. The van der Waals surface area contributed by atoms with Gasteiger partial charge in [-0.2, -0.15) is 0 Å². The number of nitrogens with one attached hydrogen (secondary N) is 2. The number of amides is 2. The van der Waals surface area contributed by atoms with Crippen molar-refractivity contribution in [2.45, 2.75) is 13.0 Å². The maximum Gasteiger partial charge on any atom is 0.319 e. The zero-order valence-corrected chi connectivity index (χ0v) is 9.23. The van der Waals surface area contributed by atoms with Crippen LogP contribution < -0.4 is 10.6 Å². The highest BCUT2D eigenvalue weighted by atomic mass is 79.9. The van der Waals surface area contributed by atoms with Crippen molar-refractivity contribution in [1.29, 1.82) is 0 Å². The summed E-state index contributed by atoms with van der Waals surface area (Å²) in [6, 6.07) is 6.02. The summed E-state index contributed by atoms with van der Waals surface area (Å²) < 4.78 is 0. The molecule has 0 aromatic heterocycles. The number of hydrogen-bond acceptors (Lipinski definition) is 1. The first-order valence-corrected chi connectivity index (χ1v) is 5.64. The number of urea groups is 1. The highest BCUT2D eigenvalue weighted by molar-refractivity contribution is 9.09. The molecule has 0 spiro atoms. The Morgan fingerprint density at radius 3 is 3.07 bits per heavy atom. The molecule has 2 rings (SSSR count). The van der Waals surface area contributed by atoms with E-state index >= 15 is 0 Å². The molecule has 0 unspecified atom stereocenters. The van der Waals surface area contributed by atoms with Crippen LogP contribution in [0.25, 0.3) is 0 Å². The average Bonchev–Trinajstić information content (AvgIpc) is 2.19. The summed E-state index contributed by atoms with van der Waals surface area (Å²) in [6.45, 7) is 0.622. The smallest absolute Gasteiger partial charge is 0.319 e. The topological polar surface area (TPSA) is 41.1 Å². The first kappa shape index (κ1) is 9.52. The van der Waals surface area contributed by atoms with Gasteiger partial charge < -0.3 is 10.6 Å². The summed E-state index contributed by atoms with van der Waals surface area (Å²) in [5, 5.41) is 6.48. The van der Waals surface area contributed by atoms with Crippen LogP contribution in [0, 0.1) is 0 Å². The SMILES string of the molecule is O=C1NCc2cc(CCBr)ccc2N1. The molecule has 1 aliphatic rings. The van der Waals surface area contributed by atoms with Gasteiger partial charge in [-0.1, -0.05) is 28.1 Å². The predicted molar refractivity (Wildman–Crippen MR) is 59.8 cm³/mol. The maximum absolute atomic E-state index is 11.0. The molecule has 1 aromatic carbocycles. The number of hydrogen-bond donors (Lipinski definition) is 2. The lowest BCUT2D eigenvalue weighted by molar-refractivity contribution is 0.251. The lowest BCUT2D eigenvalue weighted by Gasteiger charge is -2.18. The Hall–Kier alpha value is -1.03. The number of anilines is 1. The summed E-state index contributed by atoms with van der Waals surface area (Å²) in [6.07, 6.45) is 1.02. The van der Waals surface area contributed by atoms with E-state index in [1.54, 1.807) is 0 Å². The minimum absolute atomic E-state index is 0.120. The predicted octanol–water partition coefficient (Wildman–Crippen LogP) is 2.26. The Morgan fingerprint density at radius 1 is 1.43 bits per heavy atom. The van der Waals surface area contributed by atoms with E-state index in [1.165, 1.54) is 5.56 Å². The molecule has 0 saturated carbocycles. The monoisotopic (exact) mass is 254 g/mol. The van der Waals surface area contributed by atoms with Crippen LogP contribution >= 0.6 is 15.9 Å². The zero-order chi connectivity index (χ0) is 9.97. The second-order valence-corrected chi connectivity index (χ2v) is 4.03. The summed E-state index contributed by atoms with van der Waals surface area (Å²) >= 11 is 3.41. The van der Waals surface area contributed by atoms with Crippen molar-refractivity contribution in [3.8, 4) is 0 Å². The Balaban J connectivity index is 2.26. The van der Waals surface area contributed by atoms with Gasteiger partial charge in [-0.3, -0.25) is 0 Å². The minimum Gasteiger partial charge on any atom is -0.334 e. The van der Waals surface area contributed by atoms with Crippen molar-refractivity contribution < 1.29 is 4.79 Å². The summed E-state index contributed by atoms with van der Waals surface area (Å²) in [7, 11) is 0. The van der Waals surface area contributed by atoms with E-state index in [4.69, 9.17) is 0 Å². The van der Waals surface area contributed by atoms with Crippen LogP contribution in [0.5, 0.6) is 0 Å². The molecule has 0 fully saturated rings. The van der Waals surface area contributed by atoms with E-state index in [1.807, 2.05) is 12.1 Å². The number of aryl methyl sites for hydroxylation is 1. The van der Waals surface area contributed by atoms with Gasteiger partial charge in [0.2, 0.25) is 0 Å². The standard InChI is InChI=1S/C10H11BrN2O/c11-4-3-7-1-2-9-8(5-7)6-12-10(14)13-9/h1-2,5H,3-4,6H2,(H2,12,13,14). The number of carbonyl (C=O) groups is 1. The van der Waals surface area contributed by atoms with Crippen molar-refractivity contribution in [3.05, 3.63) is 29.3 Å². The van der Waals surface area contributed by atoms with Gasteiger partial charge in [-0.05, 0) is 23.6 Å². The zero-order valence-electron chi connectivity index (χ0n) is 7.64. The lowest BCUT2D eigenvalue weighted by atomic mass is 10.1. The lowest BCUT2D eigenvalue weighted by Crippen LogP contribution is -2.33. The van der Waals surface area contributed by atoms with Crippen molar-refractivity contribution in [2.24, 2.45) is 0 Å². The van der Waals surface area contributed by atoms with Gasteiger partial charge in [-0.25, -0.2) is 4.79 Å². The molecule has 1 aromatic rings. The Bertz CT molecular complexity index is 365. The number of rotatable bonds is 2. The van der Waals surface area contributed by atoms with Crippen LogP contribution in [0.4, 0.5) is 10.5 Å². The maximum atomic E-state index is 11.0. The third kappa shape index (κ3) is 1.90. The summed E-state index contributed by atoms with van der Waals surface area (Å²) in [5.74, 6) is 0. The number of benzene rings is 1. The molecule has 0 atom stereocenters. The highest BCUT2D eigenvalue weighted by Gasteiger charge is 2.13. The molecule has 0 aliphatic carbocycles. The third-order valence-corrected chi connectivity index (χ3v) is 2.64. The fourth-order valence-corrected chi connectivity index (χ4v) is 1.98. The van der Waals surface area contributed by atoms with E-state index in [9.17, 15) is 4.79 Å². The molecule has 1 heterocycles. The molecule has 2 N–H and O–H groups in total. The summed E-state index contributed by atoms with van der Waals surface area (Å²) in [5.41, 5.74) is 3.37. The molecule has 1 aliphatic heterocycles. The quantitative estimate of drug-likeness (QED) is 0.782. The van der Waals surface area contributed by atoms with E-state index in [-0.39, 0.29) is 6.03 Å². The van der Waals surface area contributed by atoms with Crippen LogP contribution in [-0.4, -0.2) is 11.4 Å². The third-order valence-electron chi connectivity index (χ3n) is 2.24. The van der Waals surface area contributed by atoms with E-state index in [2.05, 4.69) is 32.6 Å². The molecule has 0 radical (unpaired) electrons. The first-order valence-electron chi connectivity index (χ1n) is 4.52. The van der Waals surface area contributed by atoms with E-state index < -0.39 is 0 Å². The molecule has 4 heteroatoms. The van der Waals surface area contributed by atoms with Crippen molar-refractivity contribution >= 4 is 27.6 Å². The van der Waals surface area contributed by atoms with Crippen LogP contribution in [0.15, 0.2) is 18.2 Å². The molecule has 3 nitrogen and oxygen atoms in total. The van der Waals surface area contributed by atoms with Crippen LogP contribution in [-0.2, 0) is 13.0 Å². The highest BCUT2D eigenvalue weighted by Crippen LogP contribution is 2.20. The van der Waals surface area contributed by atoms with Crippen LogP contribution in [0.2, 0.25) is 0 Å². The number of carbonyl (C=O) groups excluding carboxylic acids is 1. The van der Waals surface area contributed by atoms with Gasteiger partial charge in [0.25, 0.3) is 0 Å². The van der Waals surface area contributed by atoms with E-state index in [0.29, 0.717) is 6.54 Å². The number of halogens is 1. The molecule has 74 valence electrons. The van der Waals surface area contributed by atoms with Gasteiger partial charge in [-0.15, -0.1) is 0 Å². The summed E-state index contributed by atoms with van der Waals surface area (Å²) in [4.78, 5) is 11.0. The van der Waals surface area contributed by atoms with Crippen molar-refractivity contribution in [2.75, 3.05) is 10.6 Å². The Labute approximate surface area is 91.0 Å². The molecule has 2 amide bonds. The normalized spacial score (nSPS) is 14.2. The largest absolute Gasteiger partial charge is 0.334 e. The van der Waals surface area contributed by atoms with Crippen molar-refractivity contribution in [1.82, 2.24) is 5.32 Å². The molecular formula is C10H11BrN2O. The number of alkyl halides is 1. The van der Waals surface area contributed by atoms with Gasteiger partial charge in [0.1, 0.15) is 0 Å². The fourth-order valence-electron chi connectivity index (χ4n) is 1.52. The van der Waals surface area contributed by atoms with Gasteiger partial charge in [0, 0.05) is 17.6 Å². The minimum atomic E-state index is -0.120. The van der Waals surface area contributed by atoms with Gasteiger partial charge in [0.05, 0.1) is 0 Å². The first-order chi connectivity index (χ1) is 6.79. The molecular weight excluding hydrogens is 244 g/mol. The second kappa shape index (κ2) is 4.00. The number of fused-ring (bicyclic) bond motifs is 1. The van der Waals surface area contributed by atoms with Gasteiger partial charge >= 0.3 is 6.03 Å². The van der Waals surface area contributed by atoms with Crippen molar-refractivity contribution in [3.63, 3.8) is 0 Å². The average molecular weight is 255 g/mol. The van der Waals surface area contributed by atoms with Gasteiger partial charge in [0.15, 0.2) is 0 Å². The second-order valence-electron chi connectivity index (χ2n) is 3.24. The Kier molecular flexibility index (Phi) is 2.72. The van der Waals surface area contributed by atoms with Crippen LogP contribution in [0.1, 0.15) is 11.1 Å². The van der Waals surface area contributed by atoms with E-state index in [0.717, 1.165) is 23.0 Å².